The zero-order chi connectivity index (χ0) is 13.5. The number of carbonyl (C=O) groups is 1. The molecule has 104 valence electrons. The van der Waals surface area contributed by atoms with Crippen molar-refractivity contribution >= 4 is 29.5 Å². The minimum absolute atomic E-state index is 0. The molecule has 1 aromatic heterocycles. The van der Waals surface area contributed by atoms with Gasteiger partial charge >= 0.3 is 29.6 Å². The van der Waals surface area contributed by atoms with E-state index in [0.717, 1.165) is 19.3 Å². The molecule has 3 nitrogen and oxygen atoms in total. The van der Waals surface area contributed by atoms with Gasteiger partial charge in [-0.1, -0.05) is 6.42 Å². The van der Waals surface area contributed by atoms with E-state index in [2.05, 4.69) is 17.1 Å². The summed E-state index contributed by atoms with van der Waals surface area (Å²) in [6.45, 7) is 0. The number of hydrogen-bond donors (Lipinski definition) is 0. The third-order valence-corrected chi connectivity index (χ3v) is 6.32. The summed E-state index contributed by atoms with van der Waals surface area (Å²) in [6, 6.07) is 4.17. The van der Waals surface area contributed by atoms with Crippen LogP contribution in [0.5, 0.6) is 0 Å². The van der Waals surface area contributed by atoms with E-state index in [0.29, 0.717) is 9.83 Å². The van der Waals surface area contributed by atoms with Gasteiger partial charge in [-0.3, -0.25) is 4.98 Å². The van der Waals surface area contributed by atoms with Crippen LogP contribution in [-0.4, -0.2) is 22.0 Å². The molecule has 20 heavy (non-hydrogen) atoms. The summed E-state index contributed by atoms with van der Waals surface area (Å²) >= 11 is 4.01. The second-order valence-electron chi connectivity index (χ2n) is 4.65. The molecule has 1 fully saturated rings. The monoisotopic (exact) mass is 319 g/mol. The van der Waals surface area contributed by atoms with Crippen LogP contribution in [0.1, 0.15) is 42.2 Å². The first-order valence-electron chi connectivity index (χ1n) is 6.62. The van der Waals surface area contributed by atoms with E-state index in [9.17, 15) is 9.90 Å². The van der Waals surface area contributed by atoms with Crippen molar-refractivity contribution in [1.82, 2.24) is 4.98 Å². The topological polar surface area (TPSA) is 53.0 Å². The molecule has 1 aliphatic heterocycles. The quantitative estimate of drug-likeness (QED) is 0.529. The summed E-state index contributed by atoms with van der Waals surface area (Å²) in [6.07, 6.45) is 7.95. The Morgan fingerprint density at radius 1 is 1.35 bits per heavy atom. The summed E-state index contributed by atoms with van der Waals surface area (Å²) in [7, 11) is 0. The molecule has 0 aliphatic carbocycles. The van der Waals surface area contributed by atoms with Gasteiger partial charge in [0.15, 0.2) is 0 Å². The summed E-state index contributed by atoms with van der Waals surface area (Å²) in [4.78, 5) is 14.4. The maximum absolute atomic E-state index is 10.4. The largest absolute Gasteiger partial charge is 1.00 e. The fourth-order valence-corrected chi connectivity index (χ4v) is 5.57. The van der Waals surface area contributed by atoms with Crippen molar-refractivity contribution in [2.75, 3.05) is 5.75 Å². The first-order chi connectivity index (χ1) is 9.25. The van der Waals surface area contributed by atoms with Crippen molar-refractivity contribution in [1.29, 1.82) is 0 Å². The summed E-state index contributed by atoms with van der Waals surface area (Å²) in [5, 5.41) is 11.0. The molecule has 1 saturated heterocycles. The Hall–Kier alpha value is 0.320. The zero-order valence-electron chi connectivity index (χ0n) is 11.8. The third-order valence-electron chi connectivity index (χ3n) is 3.16. The predicted octanol–water partition coefficient (Wildman–Crippen LogP) is -0.367. The number of thioether (sulfide) groups is 2. The van der Waals surface area contributed by atoms with Crippen molar-refractivity contribution in [3.8, 4) is 0 Å². The van der Waals surface area contributed by atoms with Crippen LogP contribution in [0.25, 0.3) is 0 Å². The van der Waals surface area contributed by atoms with Crippen molar-refractivity contribution in [2.24, 2.45) is 0 Å². The first-order valence-corrected chi connectivity index (χ1v) is 8.61. The van der Waals surface area contributed by atoms with Crippen LogP contribution in [0.3, 0.4) is 0 Å². The number of pyridine rings is 1. The molecule has 6 heteroatoms. The fourth-order valence-electron chi connectivity index (χ4n) is 2.14. The minimum atomic E-state index is -0.929. The second kappa shape index (κ2) is 10.1. The zero-order valence-corrected chi connectivity index (χ0v) is 15.4. The number of carbonyl (C=O) groups excluding carboxylic acids is 1. The molecule has 0 amide bonds. The van der Waals surface area contributed by atoms with Gasteiger partial charge < -0.3 is 9.90 Å². The maximum Gasteiger partial charge on any atom is 1.00 e. The minimum Gasteiger partial charge on any atom is -0.550 e. The van der Waals surface area contributed by atoms with Crippen LogP contribution in [0.15, 0.2) is 24.5 Å². The van der Waals surface area contributed by atoms with Crippen LogP contribution in [-0.2, 0) is 4.79 Å². The second-order valence-corrected chi connectivity index (χ2v) is 7.57. The van der Waals surface area contributed by atoms with Gasteiger partial charge in [0.2, 0.25) is 0 Å². The number of hydrogen-bond acceptors (Lipinski definition) is 5. The van der Waals surface area contributed by atoms with E-state index < -0.39 is 5.97 Å². The Morgan fingerprint density at radius 2 is 2.10 bits per heavy atom. The van der Waals surface area contributed by atoms with Crippen LogP contribution in [0, 0.1) is 0 Å². The molecule has 2 rings (SSSR count). The molecule has 2 unspecified atom stereocenters. The smallest absolute Gasteiger partial charge is 0.550 e. The van der Waals surface area contributed by atoms with Gasteiger partial charge in [-0.25, -0.2) is 0 Å². The molecule has 2 atom stereocenters. The summed E-state index contributed by atoms with van der Waals surface area (Å²) < 4.78 is 0.503. The Balaban J connectivity index is 0.00000200. The van der Waals surface area contributed by atoms with Gasteiger partial charge in [0, 0.05) is 23.6 Å². The molecule has 0 aromatic carbocycles. The molecular formula is C14H18NNaO2S2. The number of unbranched alkanes of at least 4 members (excludes halogenated alkanes) is 1. The Labute approximate surface area is 151 Å². The number of rotatable bonds is 6. The van der Waals surface area contributed by atoms with Crippen molar-refractivity contribution in [3.05, 3.63) is 30.1 Å². The van der Waals surface area contributed by atoms with E-state index in [1.54, 1.807) is 0 Å². The third kappa shape index (κ3) is 6.39. The van der Waals surface area contributed by atoms with Crippen molar-refractivity contribution in [3.63, 3.8) is 0 Å². The molecule has 0 bridgehead atoms. The molecule has 2 heterocycles. The Kier molecular flexibility index (Phi) is 9.29. The normalized spacial score (nSPS) is 22.0. The van der Waals surface area contributed by atoms with E-state index in [1.165, 1.54) is 17.7 Å². The average Bonchev–Trinajstić information content (AvgIpc) is 2.45. The Bertz CT molecular complexity index is 405. The molecule has 0 spiro atoms. The van der Waals surface area contributed by atoms with Crippen LogP contribution >= 0.6 is 23.5 Å². The predicted molar refractivity (Wildman–Crippen MR) is 78.9 cm³/mol. The van der Waals surface area contributed by atoms with E-state index in [-0.39, 0.29) is 36.0 Å². The van der Waals surface area contributed by atoms with Crippen LogP contribution < -0.4 is 34.7 Å². The van der Waals surface area contributed by atoms with Gasteiger partial charge in [0.25, 0.3) is 0 Å². The van der Waals surface area contributed by atoms with Gasteiger partial charge in [-0.2, -0.15) is 0 Å². The van der Waals surface area contributed by atoms with Crippen LogP contribution in [0.2, 0.25) is 0 Å². The summed E-state index contributed by atoms with van der Waals surface area (Å²) in [5.41, 5.74) is 1.34. The maximum atomic E-state index is 10.4. The Morgan fingerprint density at radius 3 is 2.80 bits per heavy atom. The molecular weight excluding hydrogens is 301 g/mol. The first kappa shape index (κ1) is 18.4. The molecule has 0 radical (unpaired) electrons. The summed E-state index contributed by atoms with van der Waals surface area (Å²) in [5.74, 6) is 0.257. The average molecular weight is 319 g/mol. The van der Waals surface area contributed by atoms with E-state index in [1.807, 2.05) is 35.9 Å². The number of nitrogens with zero attached hydrogens (tertiary/aromatic N) is 1. The molecule has 1 aromatic rings. The number of carboxylic acid groups (broad SMARTS) is 1. The van der Waals surface area contributed by atoms with E-state index in [4.69, 9.17) is 0 Å². The number of carboxylic acids is 1. The van der Waals surface area contributed by atoms with Crippen LogP contribution in [0.4, 0.5) is 0 Å². The van der Waals surface area contributed by atoms with Crippen molar-refractivity contribution < 1.29 is 39.5 Å². The van der Waals surface area contributed by atoms with Gasteiger partial charge in [-0.05, 0) is 49.1 Å². The van der Waals surface area contributed by atoms with Crippen molar-refractivity contribution in [2.45, 2.75) is 41.9 Å². The number of aliphatic carboxylic acids is 1. The number of aromatic nitrogens is 1. The van der Waals surface area contributed by atoms with Gasteiger partial charge in [0.1, 0.15) is 0 Å². The molecule has 0 N–H and O–H groups in total. The van der Waals surface area contributed by atoms with E-state index >= 15 is 0 Å². The molecule has 1 aliphatic rings. The fraction of sp³-hybridized carbons (Fsp3) is 0.571. The van der Waals surface area contributed by atoms with Gasteiger partial charge in [-0.15, -0.1) is 23.5 Å². The molecule has 0 saturated carbocycles. The van der Waals surface area contributed by atoms with Gasteiger partial charge in [0.05, 0.1) is 4.58 Å². The SMILES string of the molecule is O=C([O-])CCCCC1CCSC(c2ccncc2)S1.[Na+]. The standard InChI is InChI=1S/C14H19NO2S2.Na/c16-13(17)4-2-1-3-12-7-10-18-14(19-12)11-5-8-15-9-6-11;/h5-6,8-9,12,14H,1-4,7,10H2,(H,16,17);/q;+1/p-1.